The number of aryl methyl sites for hydroxylation is 1. The maximum atomic E-state index is 12.6. The van der Waals surface area contributed by atoms with Gasteiger partial charge in [0.05, 0.1) is 39.8 Å². The Morgan fingerprint density at radius 2 is 1.88 bits per heavy atom. The molecule has 1 aliphatic heterocycles. The van der Waals surface area contributed by atoms with E-state index in [1.54, 1.807) is 24.0 Å². The molecular weight excluding hydrogens is 332 g/mol. The molecule has 1 saturated heterocycles. The Hall–Kier alpha value is -2.67. The number of pyridine rings is 1. The summed E-state index contributed by atoms with van der Waals surface area (Å²) in [6.07, 6.45) is 0. The van der Waals surface area contributed by atoms with E-state index < -0.39 is 0 Å². The summed E-state index contributed by atoms with van der Waals surface area (Å²) >= 11 is 0. The molecule has 0 unspecified atom stereocenters. The summed E-state index contributed by atoms with van der Waals surface area (Å²) in [6.45, 7) is 4.96. The number of likely N-dealkylation sites (N-methyl/N-ethyl adjacent to an activating group) is 1. The van der Waals surface area contributed by atoms with Crippen LogP contribution in [0.3, 0.4) is 0 Å². The second-order valence-corrected chi connectivity index (χ2v) is 6.88. The number of carbonyl (C=O) groups is 2. The summed E-state index contributed by atoms with van der Waals surface area (Å²) in [6, 6.07) is 9.21. The van der Waals surface area contributed by atoms with E-state index in [4.69, 9.17) is 0 Å². The van der Waals surface area contributed by atoms with Gasteiger partial charge in [-0.3, -0.25) is 14.4 Å². The third-order valence-corrected chi connectivity index (χ3v) is 4.93. The monoisotopic (exact) mass is 357 g/mol. The normalized spacial score (nSPS) is 15.2. The van der Waals surface area contributed by atoms with E-state index in [2.05, 4.69) is 12.4 Å². The maximum Gasteiger partial charge on any atom is 0.259 e. The van der Waals surface area contributed by atoms with E-state index in [-0.39, 0.29) is 30.5 Å². The Kier molecular flexibility index (Phi) is 5.37. The van der Waals surface area contributed by atoms with Crippen molar-refractivity contribution < 1.29 is 14.5 Å². The third-order valence-electron chi connectivity index (χ3n) is 4.93. The van der Waals surface area contributed by atoms with Crippen molar-refractivity contribution in [2.24, 2.45) is 0 Å². The summed E-state index contributed by atoms with van der Waals surface area (Å²) in [5.74, 6) is -0.410. The summed E-state index contributed by atoms with van der Waals surface area (Å²) in [4.78, 5) is 40.2. The molecule has 2 amide bonds. The van der Waals surface area contributed by atoms with E-state index in [0.29, 0.717) is 18.5 Å². The molecule has 2 heterocycles. The number of hydrogen-bond acceptors (Lipinski definition) is 3. The largest absolute Gasteiger partial charge is 0.345 e. The van der Waals surface area contributed by atoms with Gasteiger partial charge >= 0.3 is 0 Å². The first-order valence-electron chi connectivity index (χ1n) is 8.90. The zero-order chi connectivity index (χ0) is 18.7. The number of rotatable bonds is 4. The first-order valence-corrected chi connectivity index (χ1v) is 8.90. The van der Waals surface area contributed by atoms with Crippen molar-refractivity contribution in [1.82, 2.24) is 14.8 Å². The average Bonchev–Trinajstić information content (AvgIpc) is 2.64. The van der Waals surface area contributed by atoms with Gasteiger partial charge in [0.15, 0.2) is 0 Å². The Bertz CT molecular complexity index is 882. The number of hydrogen-bond donors (Lipinski definition) is 2. The van der Waals surface area contributed by atoms with Crippen LogP contribution < -0.4 is 15.8 Å². The molecule has 1 aromatic heterocycles. The topological polar surface area (TPSA) is 75.8 Å². The molecule has 2 N–H and O–H groups in total. The van der Waals surface area contributed by atoms with Crippen molar-refractivity contribution in [2.45, 2.75) is 13.5 Å². The van der Waals surface area contributed by atoms with E-state index >= 15 is 0 Å². The summed E-state index contributed by atoms with van der Waals surface area (Å²) in [7, 11) is 2.10. The van der Waals surface area contributed by atoms with Gasteiger partial charge in [-0.05, 0) is 24.4 Å². The van der Waals surface area contributed by atoms with Crippen LogP contribution in [0.4, 0.5) is 0 Å². The van der Waals surface area contributed by atoms with Crippen LogP contribution in [-0.4, -0.2) is 61.1 Å². The van der Waals surface area contributed by atoms with Crippen LogP contribution in [0.25, 0.3) is 10.8 Å². The molecule has 1 aromatic carbocycles. The first kappa shape index (κ1) is 18.1. The fourth-order valence-corrected chi connectivity index (χ4v) is 3.25. The second kappa shape index (κ2) is 7.70. The van der Waals surface area contributed by atoms with E-state index in [1.165, 1.54) is 9.47 Å². The van der Waals surface area contributed by atoms with Crippen molar-refractivity contribution in [1.29, 1.82) is 0 Å². The molecule has 138 valence electrons. The SMILES string of the molecule is Cc1cc2ccccc2c(=O)n1CC(=O)NCC(=O)N1CC[NH+](C)CC1. The number of nitrogens with one attached hydrogen (secondary N) is 2. The molecule has 3 rings (SSSR count). The van der Waals surface area contributed by atoms with Crippen LogP contribution in [0.2, 0.25) is 0 Å². The smallest absolute Gasteiger partial charge is 0.259 e. The molecule has 26 heavy (non-hydrogen) atoms. The third kappa shape index (κ3) is 3.94. The van der Waals surface area contributed by atoms with E-state index in [9.17, 15) is 14.4 Å². The molecule has 0 spiro atoms. The summed E-state index contributed by atoms with van der Waals surface area (Å²) in [5, 5.41) is 4.09. The van der Waals surface area contributed by atoms with Gasteiger partial charge in [0.1, 0.15) is 6.54 Å². The van der Waals surface area contributed by atoms with Crippen molar-refractivity contribution in [2.75, 3.05) is 39.8 Å². The van der Waals surface area contributed by atoms with Crippen LogP contribution >= 0.6 is 0 Å². The van der Waals surface area contributed by atoms with E-state index in [0.717, 1.165) is 24.2 Å². The minimum Gasteiger partial charge on any atom is -0.345 e. The Labute approximate surface area is 152 Å². The van der Waals surface area contributed by atoms with Crippen LogP contribution in [0.5, 0.6) is 0 Å². The van der Waals surface area contributed by atoms with Crippen molar-refractivity contribution in [3.05, 3.63) is 46.4 Å². The number of piperazine rings is 1. The van der Waals surface area contributed by atoms with Crippen LogP contribution in [0.1, 0.15) is 5.69 Å². The lowest BCUT2D eigenvalue weighted by atomic mass is 10.1. The molecule has 2 aromatic rings. The predicted molar refractivity (Wildman–Crippen MR) is 99.2 cm³/mol. The second-order valence-electron chi connectivity index (χ2n) is 6.88. The molecule has 0 atom stereocenters. The fraction of sp³-hybridized carbons (Fsp3) is 0.421. The molecule has 0 radical (unpaired) electrons. The zero-order valence-corrected chi connectivity index (χ0v) is 15.2. The number of aromatic nitrogens is 1. The predicted octanol–water partition coefficient (Wildman–Crippen LogP) is -1.22. The number of benzene rings is 1. The van der Waals surface area contributed by atoms with E-state index in [1.807, 2.05) is 18.2 Å². The maximum absolute atomic E-state index is 12.6. The fourth-order valence-electron chi connectivity index (χ4n) is 3.25. The van der Waals surface area contributed by atoms with Gasteiger partial charge in [0, 0.05) is 11.1 Å². The zero-order valence-electron chi connectivity index (χ0n) is 15.2. The highest BCUT2D eigenvalue weighted by Crippen LogP contribution is 2.11. The van der Waals surface area contributed by atoms with Crippen molar-refractivity contribution in [3.8, 4) is 0 Å². The standard InChI is InChI=1S/C19H24N4O3/c1-14-11-15-5-3-4-6-16(15)19(26)23(14)13-17(24)20-12-18(25)22-9-7-21(2)8-10-22/h3-6,11H,7-10,12-13H2,1-2H3,(H,20,24)/p+1. The minimum absolute atomic E-state index is 0.0285. The molecule has 0 aliphatic carbocycles. The average molecular weight is 357 g/mol. The number of nitrogens with zero attached hydrogens (tertiary/aromatic N) is 2. The summed E-state index contributed by atoms with van der Waals surface area (Å²) < 4.78 is 1.45. The number of fused-ring (bicyclic) bond motifs is 1. The van der Waals surface area contributed by atoms with Gasteiger partial charge in [-0.2, -0.15) is 0 Å². The Morgan fingerprint density at radius 1 is 1.19 bits per heavy atom. The first-order chi connectivity index (χ1) is 12.5. The van der Waals surface area contributed by atoms with Crippen molar-refractivity contribution >= 4 is 22.6 Å². The lowest BCUT2D eigenvalue weighted by Crippen LogP contribution is -3.12. The molecular formula is C19H25N4O3+. The lowest BCUT2D eigenvalue weighted by Gasteiger charge is -2.30. The van der Waals surface area contributed by atoms with Crippen LogP contribution in [-0.2, 0) is 16.1 Å². The highest BCUT2D eigenvalue weighted by atomic mass is 16.2. The van der Waals surface area contributed by atoms with Crippen LogP contribution in [0.15, 0.2) is 35.1 Å². The van der Waals surface area contributed by atoms with Gasteiger partial charge in [0.25, 0.3) is 5.56 Å². The molecule has 7 heteroatoms. The van der Waals surface area contributed by atoms with Gasteiger partial charge in [-0.25, -0.2) is 0 Å². The number of carbonyl (C=O) groups excluding carboxylic acids is 2. The molecule has 7 nitrogen and oxygen atoms in total. The number of amides is 2. The van der Waals surface area contributed by atoms with Gasteiger partial charge in [-0.1, -0.05) is 18.2 Å². The highest BCUT2D eigenvalue weighted by molar-refractivity contribution is 5.85. The Balaban J connectivity index is 1.62. The Morgan fingerprint density at radius 3 is 2.62 bits per heavy atom. The van der Waals surface area contributed by atoms with Crippen molar-refractivity contribution in [3.63, 3.8) is 0 Å². The quantitative estimate of drug-likeness (QED) is 0.721. The van der Waals surface area contributed by atoms with Gasteiger partial charge < -0.3 is 19.7 Å². The molecule has 1 aliphatic rings. The lowest BCUT2D eigenvalue weighted by molar-refractivity contribution is -0.883. The van der Waals surface area contributed by atoms with Gasteiger partial charge in [-0.15, -0.1) is 0 Å². The van der Waals surface area contributed by atoms with Crippen LogP contribution in [0, 0.1) is 6.92 Å². The van der Waals surface area contributed by atoms with Gasteiger partial charge in [0.2, 0.25) is 11.8 Å². The summed E-state index contributed by atoms with van der Waals surface area (Å²) in [5.41, 5.74) is 0.529. The minimum atomic E-state index is -0.335. The molecule has 0 bridgehead atoms. The highest BCUT2D eigenvalue weighted by Gasteiger charge is 2.21. The molecule has 0 saturated carbocycles. The molecule has 1 fully saturated rings. The number of quaternary nitrogens is 1.